The van der Waals surface area contributed by atoms with Crippen LogP contribution in [-0.4, -0.2) is 22.9 Å². The molecule has 0 radical (unpaired) electrons. The molecule has 28 heavy (non-hydrogen) atoms. The minimum absolute atomic E-state index is 0.0128. The molecule has 142 valence electrons. The van der Waals surface area contributed by atoms with E-state index in [0.717, 1.165) is 12.1 Å². The molecule has 1 aliphatic carbocycles. The van der Waals surface area contributed by atoms with Gasteiger partial charge in [0.25, 0.3) is 0 Å². The number of Topliss-reactive ketones (excluding diaryl/α,β-unsaturated/α-hetero) is 1. The zero-order valence-corrected chi connectivity index (χ0v) is 15.3. The molecule has 0 saturated carbocycles. The van der Waals surface area contributed by atoms with Gasteiger partial charge in [0, 0.05) is 23.9 Å². The number of nitrogens with one attached hydrogen (secondary N) is 2. The summed E-state index contributed by atoms with van der Waals surface area (Å²) in [4.78, 5) is 21.6. The highest BCUT2D eigenvalue weighted by Gasteiger charge is 2.24. The summed E-state index contributed by atoms with van der Waals surface area (Å²) in [5.41, 5.74) is 2.63. The number of ether oxygens (including phenoxy) is 1. The van der Waals surface area contributed by atoms with Crippen molar-refractivity contribution in [3.8, 4) is 5.75 Å². The van der Waals surface area contributed by atoms with Crippen molar-refractivity contribution in [2.75, 3.05) is 17.7 Å². The maximum atomic E-state index is 13.2. The first kappa shape index (κ1) is 17.9. The molecule has 0 atom stereocenters. The molecule has 7 heteroatoms. The first-order chi connectivity index (χ1) is 13.6. The lowest BCUT2D eigenvalue weighted by Gasteiger charge is -2.19. The van der Waals surface area contributed by atoms with E-state index in [1.165, 1.54) is 12.1 Å². The lowest BCUT2D eigenvalue weighted by atomic mass is 9.95. The molecule has 2 N–H and O–H groups in total. The molecule has 0 fully saturated rings. The van der Waals surface area contributed by atoms with Crippen molar-refractivity contribution in [1.29, 1.82) is 0 Å². The van der Waals surface area contributed by atoms with Gasteiger partial charge in [0.2, 0.25) is 5.95 Å². The van der Waals surface area contributed by atoms with Crippen molar-refractivity contribution >= 4 is 28.9 Å². The normalized spacial score (nSPS) is 13.0. The zero-order chi connectivity index (χ0) is 19.5. The van der Waals surface area contributed by atoms with Crippen LogP contribution in [0.4, 0.5) is 27.5 Å². The standard InChI is InChI=1S/C21H19FN4O2/c1-28-16-5-2-4-15(12-16)24-21-25-17-6-3-7-18(27)19(17)20(26-21)23-14-10-8-13(22)9-11-14/h2,4-5,8-12H,3,6-7H2,1H3,(H2,23,24,25,26). The number of ketones is 1. The maximum Gasteiger partial charge on any atom is 0.229 e. The minimum Gasteiger partial charge on any atom is -0.497 e. The average Bonchev–Trinajstić information content (AvgIpc) is 2.70. The Hall–Kier alpha value is -3.48. The van der Waals surface area contributed by atoms with E-state index in [-0.39, 0.29) is 11.6 Å². The molecule has 1 aliphatic rings. The summed E-state index contributed by atoms with van der Waals surface area (Å²) >= 11 is 0. The first-order valence-corrected chi connectivity index (χ1v) is 9.00. The van der Waals surface area contributed by atoms with Gasteiger partial charge in [-0.3, -0.25) is 4.79 Å². The summed E-state index contributed by atoms with van der Waals surface area (Å²) in [7, 11) is 1.60. The van der Waals surface area contributed by atoms with E-state index in [1.807, 2.05) is 24.3 Å². The Labute approximate surface area is 161 Å². The summed E-state index contributed by atoms with van der Waals surface area (Å²) in [6, 6.07) is 13.3. The first-order valence-electron chi connectivity index (χ1n) is 9.00. The third-order valence-corrected chi connectivity index (χ3v) is 4.51. The number of aromatic nitrogens is 2. The van der Waals surface area contributed by atoms with E-state index in [2.05, 4.69) is 20.6 Å². The van der Waals surface area contributed by atoms with Crippen LogP contribution in [0.2, 0.25) is 0 Å². The molecule has 0 aliphatic heterocycles. The Kier molecular flexibility index (Phi) is 4.89. The SMILES string of the molecule is COc1cccc(Nc2nc3c(c(Nc4ccc(F)cc4)n2)C(=O)CCC3)c1. The maximum absolute atomic E-state index is 13.2. The summed E-state index contributed by atoms with van der Waals surface area (Å²) in [5.74, 6) is 1.20. The molecule has 3 aromatic rings. The Morgan fingerprint density at radius 3 is 2.61 bits per heavy atom. The molecule has 6 nitrogen and oxygen atoms in total. The second kappa shape index (κ2) is 7.64. The minimum atomic E-state index is -0.327. The fraction of sp³-hybridized carbons (Fsp3) is 0.190. The van der Waals surface area contributed by atoms with Crippen molar-refractivity contribution in [1.82, 2.24) is 9.97 Å². The van der Waals surface area contributed by atoms with Gasteiger partial charge in [-0.2, -0.15) is 4.98 Å². The second-order valence-corrected chi connectivity index (χ2v) is 6.48. The van der Waals surface area contributed by atoms with Crippen LogP contribution < -0.4 is 15.4 Å². The Morgan fingerprint density at radius 2 is 1.82 bits per heavy atom. The molecular formula is C21H19FN4O2. The van der Waals surface area contributed by atoms with Gasteiger partial charge in [0.05, 0.1) is 18.4 Å². The van der Waals surface area contributed by atoms with E-state index in [4.69, 9.17) is 4.74 Å². The monoisotopic (exact) mass is 378 g/mol. The lowest BCUT2D eigenvalue weighted by molar-refractivity contribution is 0.0972. The number of fused-ring (bicyclic) bond motifs is 1. The van der Waals surface area contributed by atoms with Crippen LogP contribution in [0.5, 0.6) is 5.75 Å². The molecule has 4 rings (SSSR count). The molecular weight excluding hydrogens is 359 g/mol. The Morgan fingerprint density at radius 1 is 1.00 bits per heavy atom. The van der Waals surface area contributed by atoms with E-state index < -0.39 is 0 Å². The van der Waals surface area contributed by atoms with Crippen molar-refractivity contribution < 1.29 is 13.9 Å². The number of benzene rings is 2. The van der Waals surface area contributed by atoms with Gasteiger partial charge in [-0.1, -0.05) is 6.07 Å². The van der Waals surface area contributed by atoms with Gasteiger partial charge in [-0.15, -0.1) is 0 Å². The molecule has 0 amide bonds. The van der Waals surface area contributed by atoms with Gasteiger partial charge in [-0.05, 0) is 49.2 Å². The largest absolute Gasteiger partial charge is 0.497 e. The van der Waals surface area contributed by atoms with Crippen LogP contribution in [-0.2, 0) is 6.42 Å². The van der Waals surface area contributed by atoms with Crippen LogP contribution in [0.3, 0.4) is 0 Å². The number of methoxy groups -OCH3 is 1. The van der Waals surface area contributed by atoms with Gasteiger partial charge >= 0.3 is 0 Å². The third-order valence-electron chi connectivity index (χ3n) is 4.51. The number of carbonyl (C=O) groups excluding carboxylic acids is 1. The summed E-state index contributed by atoms with van der Waals surface area (Å²) in [6.07, 6.45) is 1.93. The van der Waals surface area contributed by atoms with Crippen molar-refractivity contribution in [2.45, 2.75) is 19.3 Å². The van der Waals surface area contributed by atoms with Gasteiger partial charge < -0.3 is 15.4 Å². The number of halogens is 1. The average molecular weight is 378 g/mol. The molecule has 1 heterocycles. The van der Waals surface area contributed by atoms with E-state index >= 15 is 0 Å². The van der Waals surface area contributed by atoms with Gasteiger partial charge in [0.1, 0.15) is 17.4 Å². The summed E-state index contributed by atoms with van der Waals surface area (Å²) < 4.78 is 18.4. The number of aryl methyl sites for hydroxylation is 1. The highest BCUT2D eigenvalue weighted by atomic mass is 19.1. The van der Waals surface area contributed by atoms with E-state index in [1.54, 1.807) is 19.2 Å². The van der Waals surface area contributed by atoms with Crippen LogP contribution >= 0.6 is 0 Å². The molecule has 2 aromatic carbocycles. The summed E-state index contributed by atoms with van der Waals surface area (Å²) in [5, 5.41) is 6.30. The summed E-state index contributed by atoms with van der Waals surface area (Å²) in [6.45, 7) is 0. The van der Waals surface area contributed by atoms with Gasteiger partial charge in [-0.25, -0.2) is 9.37 Å². The molecule has 0 saturated heterocycles. The Balaban J connectivity index is 1.71. The van der Waals surface area contributed by atoms with Crippen LogP contribution in [0.15, 0.2) is 48.5 Å². The predicted octanol–water partition coefficient (Wildman–Crippen LogP) is 4.63. The fourth-order valence-corrected chi connectivity index (χ4v) is 3.17. The molecule has 0 bridgehead atoms. The zero-order valence-electron chi connectivity index (χ0n) is 15.3. The smallest absolute Gasteiger partial charge is 0.229 e. The number of nitrogens with zero attached hydrogens (tertiary/aromatic N) is 2. The van der Waals surface area contributed by atoms with E-state index in [9.17, 15) is 9.18 Å². The Bertz CT molecular complexity index is 1020. The number of hydrogen-bond donors (Lipinski definition) is 2. The number of rotatable bonds is 5. The second-order valence-electron chi connectivity index (χ2n) is 6.48. The van der Waals surface area contributed by atoms with Crippen LogP contribution in [0, 0.1) is 5.82 Å². The quantitative estimate of drug-likeness (QED) is 0.674. The molecule has 0 spiro atoms. The fourth-order valence-electron chi connectivity index (χ4n) is 3.17. The van der Waals surface area contributed by atoms with E-state index in [0.29, 0.717) is 47.3 Å². The van der Waals surface area contributed by atoms with Gasteiger partial charge in [0.15, 0.2) is 5.78 Å². The topological polar surface area (TPSA) is 76.1 Å². The predicted molar refractivity (Wildman–Crippen MR) is 105 cm³/mol. The number of anilines is 4. The van der Waals surface area contributed by atoms with Crippen molar-refractivity contribution in [3.05, 3.63) is 65.6 Å². The molecule has 0 unspecified atom stereocenters. The highest BCUT2D eigenvalue weighted by Crippen LogP contribution is 2.30. The number of hydrogen-bond acceptors (Lipinski definition) is 6. The number of carbonyl (C=O) groups is 1. The highest BCUT2D eigenvalue weighted by molar-refractivity contribution is 6.03. The van der Waals surface area contributed by atoms with Crippen LogP contribution in [0.1, 0.15) is 28.9 Å². The molecule has 1 aromatic heterocycles. The lowest BCUT2D eigenvalue weighted by Crippen LogP contribution is -2.17. The van der Waals surface area contributed by atoms with Crippen molar-refractivity contribution in [3.63, 3.8) is 0 Å². The third kappa shape index (κ3) is 3.78. The van der Waals surface area contributed by atoms with Crippen LogP contribution in [0.25, 0.3) is 0 Å². The van der Waals surface area contributed by atoms with Crippen molar-refractivity contribution in [2.24, 2.45) is 0 Å².